The Kier molecular flexibility index (Phi) is 3.60. The highest BCUT2D eigenvalue weighted by Gasteiger charge is 2.13. The van der Waals surface area contributed by atoms with E-state index in [4.69, 9.17) is 11.0 Å². The van der Waals surface area contributed by atoms with Gasteiger partial charge >= 0.3 is 0 Å². The molecule has 0 unspecified atom stereocenters. The summed E-state index contributed by atoms with van der Waals surface area (Å²) >= 11 is 0. The predicted octanol–water partition coefficient (Wildman–Crippen LogP) is 0.837. The number of anilines is 1. The third-order valence-electron chi connectivity index (χ3n) is 1.78. The SMILES string of the molecule is N#Cc1ccc([N+](=O)[O-])c(NCCN)c1. The van der Waals surface area contributed by atoms with Crippen molar-refractivity contribution < 1.29 is 4.92 Å². The van der Waals surface area contributed by atoms with Crippen LogP contribution in [0.4, 0.5) is 11.4 Å². The minimum Gasteiger partial charge on any atom is -0.378 e. The minimum absolute atomic E-state index is 0.0533. The summed E-state index contributed by atoms with van der Waals surface area (Å²) in [6.07, 6.45) is 0. The van der Waals surface area contributed by atoms with Gasteiger partial charge in [0, 0.05) is 19.2 Å². The average Bonchev–Trinajstić information content (AvgIpc) is 2.25. The summed E-state index contributed by atoms with van der Waals surface area (Å²) in [7, 11) is 0. The fraction of sp³-hybridized carbons (Fsp3) is 0.222. The van der Waals surface area contributed by atoms with Crippen LogP contribution in [0.25, 0.3) is 0 Å². The fourth-order valence-electron chi connectivity index (χ4n) is 1.11. The largest absolute Gasteiger partial charge is 0.378 e. The molecule has 78 valence electrons. The summed E-state index contributed by atoms with van der Waals surface area (Å²) in [5, 5.41) is 22.1. The quantitative estimate of drug-likeness (QED) is 0.560. The molecule has 0 aliphatic carbocycles. The van der Waals surface area contributed by atoms with Crippen LogP contribution in [0.2, 0.25) is 0 Å². The highest BCUT2D eigenvalue weighted by molar-refractivity contribution is 5.64. The van der Waals surface area contributed by atoms with Crippen LogP contribution in [0.1, 0.15) is 5.56 Å². The standard InChI is InChI=1S/C9H10N4O2/c10-3-4-12-8-5-7(6-11)1-2-9(8)13(14)15/h1-2,5,12H,3-4,10H2. The molecule has 1 aromatic carbocycles. The lowest BCUT2D eigenvalue weighted by molar-refractivity contribution is -0.384. The highest BCUT2D eigenvalue weighted by Crippen LogP contribution is 2.24. The molecule has 6 heteroatoms. The maximum Gasteiger partial charge on any atom is 0.292 e. The van der Waals surface area contributed by atoms with Crippen LogP contribution in [0.3, 0.4) is 0 Å². The third kappa shape index (κ3) is 2.65. The molecule has 6 nitrogen and oxygen atoms in total. The number of nitro benzene ring substituents is 1. The number of hydrogen-bond donors (Lipinski definition) is 2. The Bertz CT molecular complexity index is 411. The molecule has 15 heavy (non-hydrogen) atoms. The first-order chi connectivity index (χ1) is 7.19. The summed E-state index contributed by atoms with van der Waals surface area (Å²) in [6, 6.07) is 6.07. The van der Waals surface area contributed by atoms with E-state index in [0.29, 0.717) is 24.3 Å². The van der Waals surface area contributed by atoms with Crippen LogP contribution in [-0.2, 0) is 0 Å². The van der Waals surface area contributed by atoms with Gasteiger partial charge in [-0.1, -0.05) is 0 Å². The smallest absolute Gasteiger partial charge is 0.292 e. The van der Waals surface area contributed by atoms with Crippen molar-refractivity contribution >= 4 is 11.4 Å². The summed E-state index contributed by atoms with van der Waals surface area (Å²) in [5.41, 5.74) is 5.92. The van der Waals surface area contributed by atoms with E-state index in [1.54, 1.807) is 0 Å². The zero-order valence-electron chi connectivity index (χ0n) is 7.93. The Hall–Kier alpha value is -2.13. The Morgan fingerprint density at radius 2 is 2.33 bits per heavy atom. The lowest BCUT2D eigenvalue weighted by Gasteiger charge is -2.05. The Morgan fingerprint density at radius 3 is 2.87 bits per heavy atom. The molecule has 0 aliphatic rings. The van der Waals surface area contributed by atoms with Gasteiger partial charge in [-0.15, -0.1) is 0 Å². The number of nitro groups is 1. The molecule has 0 amide bonds. The van der Waals surface area contributed by atoms with Crippen molar-refractivity contribution in [3.8, 4) is 6.07 Å². The molecule has 0 heterocycles. The Balaban J connectivity index is 3.06. The van der Waals surface area contributed by atoms with E-state index in [1.165, 1.54) is 18.2 Å². The van der Waals surface area contributed by atoms with Crippen molar-refractivity contribution in [3.05, 3.63) is 33.9 Å². The second kappa shape index (κ2) is 4.93. The van der Waals surface area contributed by atoms with Crippen molar-refractivity contribution in [2.75, 3.05) is 18.4 Å². The topological polar surface area (TPSA) is 105 Å². The monoisotopic (exact) mass is 206 g/mol. The molecular weight excluding hydrogens is 196 g/mol. The zero-order valence-corrected chi connectivity index (χ0v) is 7.93. The van der Waals surface area contributed by atoms with E-state index in [-0.39, 0.29) is 5.69 Å². The normalized spacial score (nSPS) is 9.33. The molecule has 0 saturated carbocycles. The number of nitrogens with one attached hydrogen (secondary N) is 1. The fourth-order valence-corrected chi connectivity index (χ4v) is 1.11. The third-order valence-corrected chi connectivity index (χ3v) is 1.78. The molecule has 0 bridgehead atoms. The number of nitrogens with two attached hydrogens (primary N) is 1. The molecule has 0 saturated heterocycles. The van der Waals surface area contributed by atoms with Crippen LogP contribution in [0.15, 0.2) is 18.2 Å². The maximum absolute atomic E-state index is 10.6. The molecule has 1 rings (SSSR count). The van der Waals surface area contributed by atoms with Crippen LogP contribution < -0.4 is 11.1 Å². The van der Waals surface area contributed by atoms with Gasteiger partial charge < -0.3 is 11.1 Å². The van der Waals surface area contributed by atoms with Crippen molar-refractivity contribution in [2.45, 2.75) is 0 Å². The summed E-state index contributed by atoms with van der Waals surface area (Å²) < 4.78 is 0. The van der Waals surface area contributed by atoms with Crippen LogP contribution in [0.5, 0.6) is 0 Å². The van der Waals surface area contributed by atoms with E-state index in [9.17, 15) is 10.1 Å². The molecule has 0 spiro atoms. The maximum atomic E-state index is 10.6. The van der Waals surface area contributed by atoms with E-state index >= 15 is 0 Å². The molecule has 0 aliphatic heterocycles. The van der Waals surface area contributed by atoms with Crippen molar-refractivity contribution in [1.29, 1.82) is 5.26 Å². The lowest BCUT2D eigenvalue weighted by Crippen LogP contribution is -2.14. The Labute approximate surface area is 86.5 Å². The lowest BCUT2D eigenvalue weighted by atomic mass is 10.2. The van der Waals surface area contributed by atoms with Crippen LogP contribution >= 0.6 is 0 Å². The number of nitriles is 1. The zero-order chi connectivity index (χ0) is 11.3. The number of benzene rings is 1. The van der Waals surface area contributed by atoms with Crippen LogP contribution in [-0.4, -0.2) is 18.0 Å². The van der Waals surface area contributed by atoms with Gasteiger partial charge in [-0.05, 0) is 12.1 Å². The average molecular weight is 206 g/mol. The first kappa shape index (κ1) is 10.9. The predicted molar refractivity (Wildman–Crippen MR) is 55.4 cm³/mol. The number of nitrogens with zero attached hydrogens (tertiary/aromatic N) is 2. The van der Waals surface area contributed by atoms with Gasteiger partial charge in [0.2, 0.25) is 0 Å². The van der Waals surface area contributed by atoms with Crippen molar-refractivity contribution in [1.82, 2.24) is 0 Å². The van der Waals surface area contributed by atoms with E-state index < -0.39 is 4.92 Å². The van der Waals surface area contributed by atoms with Gasteiger partial charge in [0.05, 0.1) is 16.6 Å². The molecule has 0 radical (unpaired) electrons. The van der Waals surface area contributed by atoms with E-state index in [0.717, 1.165) is 0 Å². The minimum atomic E-state index is -0.500. The summed E-state index contributed by atoms with van der Waals surface area (Å²) in [4.78, 5) is 10.1. The second-order valence-electron chi connectivity index (χ2n) is 2.82. The first-order valence-electron chi connectivity index (χ1n) is 4.31. The van der Waals surface area contributed by atoms with Gasteiger partial charge in [-0.2, -0.15) is 5.26 Å². The molecule has 0 aromatic heterocycles. The van der Waals surface area contributed by atoms with Crippen LogP contribution in [0, 0.1) is 21.4 Å². The van der Waals surface area contributed by atoms with E-state index in [2.05, 4.69) is 5.32 Å². The van der Waals surface area contributed by atoms with Gasteiger partial charge in [0.15, 0.2) is 0 Å². The van der Waals surface area contributed by atoms with Gasteiger partial charge in [-0.25, -0.2) is 0 Å². The summed E-state index contributed by atoms with van der Waals surface area (Å²) in [6.45, 7) is 0.795. The van der Waals surface area contributed by atoms with Crippen molar-refractivity contribution in [3.63, 3.8) is 0 Å². The molecule has 1 aromatic rings. The van der Waals surface area contributed by atoms with E-state index in [1.807, 2.05) is 6.07 Å². The van der Waals surface area contributed by atoms with Crippen molar-refractivity contribution in [2.24, 2.45) is 5.73 Å². The molecule has 0 atom stereocenters. The van der Waals surface area contributed by atoms with Gasteiger partial charge in [-0.3, -0.25) is 10.1 Å². The highest BCUT2D eigenvalue weighted by atomic mass is 16.6. The number of hydrogen-bond acceptors (Lipinski definition) is 5. The summed E-state index contributed by atoms with van der Waals surface area (Å²) in [5.74, 6) is 0. The second-order valence-corrected chi connectivity index (χ2v) is 2.82. The van der Waals surface area contributed by atoms with Gasteiger partial charge in [0.25, 0.3) is 5.69 Å². The Morgan fingerprint density at radius 1 is 1.60 bits per heavy atom. The molecule has 0 fully saturated rings. The molecule has 3 N–H and O–H groups in total. The first-order valence-corrected chi connectivity index (χ1v) is 4.31. The van der Waals surface area contributed by atoms with Gasteiger partial charge in [0.1, 0.15) is 5.69 Å². The number of rotatable bonds is 4. The molecular formula is C9H10N4O2.